The van der Waals surface area contributed by atoms with Gasteiger partial charge in [-0.3, -0.25) is 10.2 Å². The van der Waals surface area contributed by atoms with Crippen LogP contribution in [0, 0.1) is 5.41 Å². The van der Waals surface area contributed by atoms with Gasteiger partial charge in [-0.15, -0.1) is 0 Å². The largest absolute Gasteiger partial charge is 0.480 e. The summed E-state index contributed by atoms with van der Waals surface area (Å²) in [5.41, 5.74) is 11.0. The van der Waals surface area contributed by atoms with Crippen molar-refractivity contribution in [2.24, 2.45) is 16.5 Å². The van der Waals surface area contributed by atoms with Gasteiger partial charge in [0.15, 0.2) is 5.96 Å². The number of unbranched alkanes of at least 4 members (excludes halogenated alkanes) is 3. The summed E-state index contributed by atoms with van der Waals surface area (Å²) in [6, 6.07) is 0. The quantitative estimate of drug-likeness (QED) is 0.149. The van der Waals surface area contributed by atoms with E-state index < -0.39 is 12.5 Å². The number of carboxylic acid groups (broad SMARTS) is 1. The summed E-state index contributed by atoms with van der Waals surface area (Å²) in [5.74, 6) is -1.47. The first kappa shape index (κ1) is 18.8. The molecule has 7 N–H and O–H groups in total. The molecule has 0 saturated carbocycles. The predicted molar refractivity (Wildman–Crippen MR) is 80.1 cm³/mol. The van der Waals surface area contributed by atoms with Gasteiger partial charge in [0.05, 0.1) is 6.54 Å². The van der Waals surface area contributed by atoms with Crippen molar-refractivity contribution in [3.63, 3.8) is 0 Å². The van der Waals surface area contributed by atoms with E-state index in [1.807, 2.05) is 0 Å². The third-order valence-electron chi connectivity index (χ3n) is 2.59. The molecule has 21 heavy (non-hydrogen) atoms. The first-order valence-electron chi connectivity index (χ1n) is 6.78. The lowest BCUT2D eigenvalue weighted by Gasteiger charge is -2.18. The average Bonchev–Trinajstić information content (AvgIpc) is 2.41. The van der Waals surface area contributed by atoms with Crippen LogP contribution < -0.4 is 16.8 Å². The summed E-state index contributed by atoms with van der Waals surface area (Å²) < 4.78 is 0. The topological polar surface area (TPSA) is 158 Å². The molecule has 0 aliphatic rings. The van der Waals surface area contributed by atoms with E-state index in [1.54, 1.807) is 0 Å². The highest BCUT2D eigenvalue weighted by Crippen LogP contribution is 1.97. The maximum Gasteiger partial charge on any atom is 0.323 e. The molecule has 0 saturated heterocycles. The minimum Gasteiger partial charge on any atom is -0.480 e. The summed E-state index contributed by atoms with van der Waals surface area (Å²) in [6.07, 6.45) is 4.44. The number of aldehydes is 1. The van der Waals surface area contributed by atoms with Gasteiger partial charge in [-0.2, -0.15) is 4.99 Å². The monoisotopic (exact) mass is 300 g/mol. The molecule has 0 aromatic heterocycles. The Hall–Kier alpha value is -2.16. The van der Waals surface area contributed by atoms with Crippen molar-refractivity contribution in [3.8, 4) is 0 Å². The highest BCUT2D eigenvalue weighted by atomic mass is 16.4. The van der Waals surface area contributed by atoms with Crippen LogP contribution in [-0.4, -0.2) is 60.4 Å². The summed E-state index contributed by atoms with van der Waals surface area (Å²) in [5, 5.41) is 19.0. The van der Waals surface area contributed by atoms with Gasteiger partial charge in [-0.25, -0.2) is 0 Å². The molecule has 0 unspecified atom stereocenters. The van der Waals surface area contributed by atoms with E-state index in [9.17, 15) is 9.59 Å². The molecular formula is C12H24N6O3. The number of nitrogens with two attached hydrogens (primary N) is 2. The fourth-order valence-corrected chi connectivity index (χ4v) is 1.55. The Balaban J connectivity index is 4.16. The van der Waals surface area contributed by atoms with E-state index in [2.05, 4.69) is 10.3 Å². The van der Waals surface area contributed by atoms with Crippen LogP contribution in [0.3, 0.4) is 0 Å². The Bertz CT molecular complexity index is 372. The Morgan fingerprint density at radius 3 is 2.57 bits per heavy atom. The smallest absolute Gasteiger partial charge is 0.323 e. The van der Waals surface area contributed by atoms with Crippen molar-refractivity contribution in [2.45, 2.75) is 25.7 Å². The molecule has 0 aromatic rings. The van der Waals surface area contributed by atoms with Crippen molar-refractivity contribution in [1.82, 2.24) is 10.2 Å². The molecule has 0 radical (unpaired) electrons. The number of carboxylic acids is 1. The first-order valence-corrected chi connectivity index (χ1v) is 6.78. The normalized spacial score (nSPS) is 11.0. The first-order chi connectivity index (χ1) is 10.0. The van der Waals surface area contributed by atoms with Crippen LogP contribution in [0.5, 0.6) is 0 Å². The van der Waals surface area contributed by atoms with Crippen LogP contribution in [-0.2, 0) is 9.59 Å². The molecule has 0 atom stereocenters. The average molecular weight is 300 g/mol. The lowest BCUT2D eigenvalue weighted by molar-refractivity contribution is -0.137. The molecule has 0 spiro atoms. The van der Waals surface area contributed by atoms with Crippen LogP contribution >= 0.6 is 0 Å². The van der Waals surface area contributed by atoms with E-state index in [0.29, 0.717) is 19.4 Å². The minimum atomic E-state index is -1.13. The summed E-state index contributed by atoms with van der Waals surface area (Å²) >= 11 is 0. The summed E-state index contributed by atoms with van der Waals surface area (Å²) in [6.45, 7) is 0.626. The fraction of sp³-hybridized carbons (Fsp3) is 0.667. The van der Waals surface area contributed by atoms with Crippen molar-refractivity contribution >= 4 is 24.2 Å². The highest BCUT2D eigenvalue weighted by Gasteiger charge is 2.12. The van der Waals surface area contributed by atoms with Crippen molar-refractivity contribution < 1.29 is 14.7 Å². The predicted octanol–water partition coefficient (Wildman–Crippen LogP) is -1.07. The van der Waals surface area contributed by atoms with Crippen molar-refractivity contribution in [1.29, 1.82) is 5.41 Å². The van der Waals surface area contributed by atoms with E-state index in [0.717, 1.165) is 30.6 Å². The number of carbonyl (C=O) groups is 2. The number of guanidine groups is 2. The van der Waals surface area contributed by atoms with E-state index in [4.69, 9.17) is 22.0 Å². The van der Waals surface area contributed by atoms with E-state index in [-0.39, 0.29) is 18.5 Å². The summed E-state index contributed by atoms with van der Waals surface area (Å²) in [4.78, 5) is 25.9. The number of rotatable bonds is 10. The van der Waals surface area contributed by atoms with Crippen LogP contribution in [0.4, 0.5) is 0 Å². The molecular weight excluding hydrogens is 276 g/mol. The second-order valence-electron chi connectivity index (χ2n) is 4.39. The van der Waals surface area contributed by atoms with Crippen molar-refractivity contribution in [3.05, 3.63) is 0 Å². The van der Waals surface area contributed by atoms with Gasteiger partial charge in [0.2, 0.25) is 5.96 Å². The van der Waals surface area contributed by atoms with Gasteiger partial charge in [-0.05, 0) is 19.4 Å². The zero-order chi connectivity index (χ0) is 16.1. The molecule has 0 bridgehead atoms. The van der Waals surface area contributed by atoms with E-state index >= 15 is 0 Å². The third-order valence-corrected chi connectivity index (χ3v) is 2.59. The Labute approximate surface area is 123 Å². The Morgan fingerprint density at radius 1 is 1.33 bits per heavy atom. The van der Waals surface area contributed by atoms with Crippen LogP contribution in [0.15, 0.2) is 4.99 Å². The standard InChI is InChI=1S/C12H24N6O3/c13-5-3-1-2-4-6-16-11(14)17-12(15)18(7-8-19)9-10(20)21/h8H,1-7,9,13H2,(H,20,21)(H4,14,15,16,17). The number of aliphatic carboxylic acids is 1. The fourth-order valence-electron chi connectivity index (χ4n) is 1.55. The van der Waals surface area contributed by atoms with Gasteiger partial charge in [-0.1, -0.05) is 12.8 Å². The van der Waals surface area contributed by atoms with Gasteiger partial charge in [0.25, 0.3) is 0 Å². The van der Waals surface area contributed by atoms with Crippen LogP contribution in [0.2, 0.25) is 0 Å². The molecule has 0 aliphatic carbocycles. The number of carbonyl (C=O) groups excluding carboxylic acids is 1. The lowest BCUT2D eigenvalue weighted by atomic mass is 10.2. The van der Waals surface area contributed by atoms with Gasteiger partial charge >= 0.3 is 5.97 Å². The maximum atomic E-state index is 10.6. The molecule has 0 amide bonds. The second kappa shape index (κ2) is 11.6. The molecule has 0 aromatic carbocycles. The van der Waals surface area contributed by atoms with Gasteiger partial charge in [0.1, 0.15) is 12.8 Å². The third kappa shape index (κ3) is 10.3. The maximum absolute atomic E-state index is 10.6. The minimum absolute atomic E-state index is 0.160. The number of hydrogen-bond donors (Lipinski definition) is 5. The molecule has 120 valence electrons. The zero-order valence-electron chi connectivity index (χ0n) is 12.0. The van der Waals surface area contributed by atoms with E-state index in [1.165, 1.54) is 0 Å². The summed E-state index contributed by atoms with van der Waals surface area (Å²) in [7, 11) is 0. The van der Waals surface area contributed by atoms with Crippen molar-refractivity contribution in [2.75, 3.05) is 26.2 Å². The van der Waals surface area contributed by atoms with Crippen LogP contribution in [0.25, 0.3) is 0 Å². The number of aliphatic imine (C=N–C) groups is 1. The Kier molecular flexibility index (Phi) is 10.5. The molecule has 0 heterocycles. The molecule has 9 nitrogen and oxygen atoms in total. The SMILES string of the molecule is N=C(/N=C(\N)N(CC=O)CC(=O)O)NCCCCCCN. The molecule has 0 aliphatic heterocycles. The zero-order valence-corrected chi connectivity index (χ0v) is 12.0. The number of nitrogens with one attached hydrogen (secondary N) is 2. The number of nitrogens with zero attached hydrogens (tertiary/aromatic N) is 2. The lowest BCUT2D eigenvalue weighted by Crippen LogP contribution is -2.43. The second-order valence-corrected chi connectivity index (χ2v) is 4.39. The molecule has 0 fully saturated rings. The molecule has 9 heteroatoms. The Morgan fingerprint density at radius 2 is 2.00 bits per heavy atom. The number of hydrogen-bond acceptors (Lipinski definition) is 4. The van der Waals surface area contributed by atoms with Crippen LogP contribution in [0.1, 0.15) is 25.7 Å². The van der Waals surface area contributed by atoms with Gasteiger partial charge in [0, 0.05) is 6.54 Å². The highest BCUT2D eigenvalue weighted by molar-refractivity contribution is 5.94. The molecule has 0 rings (SSSR count). The van der Waals surface area contributed by atoms with Gasteiger partial charge < -0.3 is 31.6 Å².